The fourth-order valence-corrected chi connectivity index (χ4v) is 2.34. The highest BCUT2D eigenvalue weighted by molar-refractivity contribution is 5.93. The van der Waals surface area contributed by atoms with Crippen LogP contribution in [0.25, 0.3) is 5.69 Å². The third-order valence-corrected chi connectivity index (χ3v) is 4.01. The second-order valence-corrected chi connectivity index (χ2v) is 5.45. The van der Waals surface area contributed by atoms with Crippen LogP contribution in [-0.2, 0) is 4.79 Å². The van der Waals surface area contributed by atoms with Crippen LogP contribution in [-0.4, -0.2) is 39.2 Å². The zero-order chi connectivity index (χ0) is 14.8. The minimum absolute atomic E-state index is 0. The summed E-state index contributed by atoms with van der Waals surface area (Å²) in [5, 5.41) is 17.3. The predicted octanol–water partition coefficient (Wildman–Crippen LogP) is 1.19. The Hall–Kier alpha value is -1.99. The highest BCUT2D eigenvalue weighted by Gasteiger charge is 2.28. The number of benzene rings is 1. The van der Waals surface area contributed by atoms with Gasteiger partial charge in [-0.05, 0) is 54.1 Å². The molecule has 1 saturated heterocycles. The Morgan fingerprint density at radius 3 is 2.82 bits per heavy atom. The minimum Gasteiger partial charge on any atom is -0.326 e. The third kappa shape index (κ3) is 3.26. The zero-order valence-corrected chi connectivity index (χ0v) is 13.3. The molecule has 1 aliphatic rings. The molecule has 0 radical (unpaired) electrons. The molecule has 0 spiro atoms. The number of nitrogens with one attached hydrogen (secondary N) is 2. The molecule has 22 heavy (non-hydrogen) atoms. The third-order valence-electron chi connectivity index (χ3n) is 4.01. The van der Waals surface area contributed by atoms with Gasteiger partial charge in [-0.15, -0.1) is 17.5 Å². The van der Waals surface area contributed by atoms with Crippen LogP contribution in [0, 0.1) is 18.8 Å². The Balaban J connectivity index is 0.00000176. The standard InChI is InChI=1S/C14H18N6O.ClH/c1-9-3-4-12(5-13(9)20-8-16-18-19-20)17-14(21)10(2)11-6-15-7-11;/h3-5,8,10-11,15H,6-7H2,1-2H3,(H,17,21);1H. The summed E-state index contributed by atoms with van der Waals surface area (Å²) in [5.74, 6) is 0.478. The van der Waals surface area contributed by atoms with E-state index in [9.17, 15) is 4.79 Å². The van der Waals surface area contributed by atoms with Crippen molar-refractivity contribution in [3.05, 3.63) is 30.1 Å². The van der Waals surface area contributed by atoms with Crippen LogP contribution < -0.4 is 10.6 Å². The van der Waals surface area contributed by atoms with Crippen molar-refractivity contribution in [2.24, 2.45) is 11.8 Å². The van der Waals surface area contributed by atoms with Crippen molar-refractivity contribution in [3.8, 4) is 5.69 Å². The lowest BCUT2D eigenvalue weighted by Crippen LogP contribution is -2.48. The van der Waals surface area contributed by atoms with Crippen molar-refractivity contribution >= 4 is 24.0 Å². The van der Waals surface area contributed by atoms with Gasteiger partial charge in [-0.25, -0.2) is 4.68 Å². The second-order valence-electron chi connectivity index (χ2n) is 5.45. The number of hydrogen-bond donors (Lipinski definition) is 2. The fraction of sp³-hybridized carbons (Fsp3) is 0.429. The molecule has 8 heteroatoms. The van der Waals surface area contributed by atoms with E-state index >= 15 is 0 Å². The summed E-state index contributed by atoms with van der Waals surface area (Å²) in [6.07, 6.45) is 1.54. The van der Waals surface area contributed by atoms with E-state index in [1.54, 1.807) is 4.68 Å². The highest BCUT2D eigenvalue weighted by atomic mass is 35.5. The molecule has 1 atom stereocenters. The highest BCUT2D eigenvalue weighted by Crippen LogP contribution is 2.21. The number of tetrazole rings is 1. The number of rotatable bonds is 4. The maximum Gasteiger partial charge on any atom is 0.227 e. The summed E-state index contributed by atoms with van der Waals surface area (Å²) in [6, 6.07) is 5.73. The maximum atomic E-state index is 12.2. The average Bonchev–Trinajstić information content (AvgIpc) is 2.92. The van der Waals surface area contributed by atoms with Crippen molar-refractivity contribution in [2.45, 2.75) is 13.8 Å². The van der Waals surface area contributed by atoms with E-state index in [1.807, 2.05) is 32.0 Å². The van der Waals surface area contributed by atoms with Crippen molar-refractivity contribution in [1.29, 1.82) is 0 Å². The topological polar surface area (TPSA) is 84.7 Å². The Bertz CT molecular complexity index is 641. The van der Waals surface area contributed by atoms with Crippen LogP contribution in [0.2, 0.25) is 0 Å². The molecule has 2 aromatic rings. The lowest BCUT2D eigenvalue weighted by atomic mass is 9.88. The normalized spacial score (nSPS) is 15.5. The van der Waals surface area contributed by atoms with Gasteiger partial charge in [0.1, 0.15) is 6.33 Å². The van der Waals surface area contributed by atoms with Crippen LogP contribution in [0.15, 0.2) is 24.5 Å². The lowest BCUT2D eigenvalue weighted by Gasteiger charge is -2.31. The summed E-state index contributed by atoms with van der Waals surface area (Å²) in [7, 11) is 0. The number of anilines is 1. The Morgan fingerprint density at radius 2 is 2.23 bits per heavy atom. The van der Waals surface area contributed by atoms with Crippen molar-refractivity contribution in [1.82, 2.24) is 25.5 Å². The van der Waals surface area contributed by atoms with E-state index in [-0.39, 0.29) is 24.2 Å². The number of aromatic nitrogens is 4. The summed E-state index contributed by atoms with van der Waals surface area (Å²) in [4.78, 5) is 12.2. The monoisotopic (exact) mass is 322 g/mol. The summed E-state index contributed by atoms with van der Waals surface area (Å²) in [5.41, 5.74) is 2.66. The van der Waals surface area contributed by atoms with Crippen LogP contribution in [0.1, 0.15) is 12.5 Å². The Kier molecular flexibility index (Phi) is 5.10. The molecule has 1 amide bonds. The Labute approximate surface area is 134 Å². The van der Waals surface area contributed by atoms with Crippen molar-refractivity contribution < 1.29 is 4.79 Å². The molecular formula is C14H19ClN6O. The summed E-state index contributed by atoms with van der Waals surface area (Å²) < 4.78 is 1.59. The lowest BCUT2D eigenvalue weighted by molar-refractivity contribution is -0.121. The van der Waals surface area contributed by atoms with Gasteiger partial charge in [-0.2, -0.15) is 0 Å². The van der Waals surface area contributed by atoms with E-state index in [0.29, 0.717) is 5.92 Å². The van der Waals surface area contributed by atoms with Crippen LogP contribution in [0.4, 0.5) is 5.69 Å². The summed E-state index contributed by atoms with van der Waals surface area (Å²) >= 11 is 0. The van der Waals surface area contributed by atoms with E-state index in [2.05, 4.69) is 26.2 Å². The molecule has 1 fully saturated rings. The van der Waals surface area contributed by atoms with Gasteiger partial charge in [-0.3, -0.25) is 4.79 Å². The number of halogens is 1. The van der Waals surface area contributed by atoms with Crippen LogP contribution >= 0.6 is 12.4 Å². The molecule has 7 nitrogen and oxygen atoms in total. The molecule has 1 aliphatic heterocycles. The first kappa shape index (κ1) is 16.4. The van der Waals surface area contributed by atoms with Gasteiger partial charge >= 0.3 is 0 Å². The van der Waals surface area contributed by atoms with Gasteiger partial charge in [0.15, 0.2) is 0 Å². The van der Waals surface area contributed by atoms with E-state index in [4.69, 9.17) is 0 Å². The zero-order valence-electron chi connectivity index (χ0n) is 12.5. The van der Waals surface area contributed by atoms with Gasteiger partial charge in [0.05, 0.1) is 5.69 Å². The predicted molar refractivity (Wildman–Crippen MR) is 85.3 cm³/mol. The quantitative estimate of drug-likeness (QED) is 0.883. The molecule has 2 heterocycles. The molecule has 0 aliphatic carbocycles. The number of amides is 1. The summed E-state index contributed by atoms with van der Waals surface area (Å²) in [6.45, 7) is 5.78. The molecule has 3 rings (SSSR count). The van der Waals surface area contributed by atoms with Gasteiger partial charge in [0, 0.05) is 11.6 Å². The maximum absolute atomic E-state index is 12.2. The molecule has 118 valence electrons. The smallest absolute Gasteiger partial charge is 0.227 e. The largest absolute Gasteiger partial charge is 0.326 e. The molecule has 1 aromatic carbocycles. The van der Waals surface area contributed by atoms with Gasteiger partial charge in [0.25, 0.3) is 0 Å². The van der Waals surface area contributed by atoms with Crippen molar-refractivity contribution in [3.63, 3.8) is 0 Å². The Morgan fingerprint density at radius 1 is 1.45 bits per heavy atom. The minimum atomic E-state index is 0. The average molecular weight is 323 g/mol. The van der Waals surface area contributed by atoms with Crippen LogP contribution in [0.3, 0.4) is 0 Å². The molecule has 2 N–H and O–H groups in total. The van der Waals surface area contributed by atoms with Gasteiger partial charge in [0.2, 0.25) is 5.91 Å². The first-order valence-corrected chi connectivity index (χ1v) is 7.01. The van der Waals surface area contributed by atoms with Gasteiger partial charge in [-0.1, -0.05) is 13.0 Å². The van der Waals surface area contributed by atoms with Crippen LogP contribution in [0.5, 0.6) is 0 Å². The second kappa shape index (κ2) is 6.85. The van der Waals surface area contributed by atoms with E-state index in [1.165, 1.54) is 6.33 Å². The van der Waals surface area contributed by atoms with E-state index < -0.39 is 0 Å². The van der Waals surface area contributed by atoms with Gasteiger partial charge < -0.3 is 10.6 Å². The number of aryl methyl sites for hydroxylation is 1. The SMILES string of the molecule is Cc1ccc(NC(=O)C(C)C2CNC2)cc1-n1cnnn1.Cl. The first-order chi connectivity index (χ1) is 10.1. The first-order valence-electron chi connectivity index (χ1n) is 7.01. The number of carbonyl (C=O) groups excluding carboxylic acids is 1. The number of hydrogen-bond acceptors (Lipinski definition) is 5. The molecule has 1 aromatic heterocycles. The molecular weight excluding hydrogens is 304 g/mol. The number of carbonyl (C=O) groups is 1. The molecule has 1 unspecified atom stereocenters. The van der Waals surface area contributed by atoms with E-state index in [0.717, 1.165) is 30.0 Å². The van der Waals surface area contributed by atoms with Crippen molar-refractivity contribution in [2.75, 3.05) is 18.4 Å². The number of nitrogens with zero attached hydrogens (tertiary/aromatic N) is 4. The fourth-order valence-electron chi connectivity index (χ4n) is 2.34. The molecule has 0 saturated carbocycles. The molecule has 0 bridgehead atoms.